The maximum Gasteiger partial charge on any atom is 0.335 e. The number of nitriles is 1. The molecule has 0 saturated carbocycles. The summed E-state index contributed by atoms with van der Waals surface area (Å²) in [4.78, 5) is 11.3. The summed E-state index contributed by atoms with van der Waals surface area (Å²) >= 11 is 3.38. The lowest BCUT2D eigenvalue weighted by Gasteiger charge is -2.08. The van der Waals surface area contributed by atoms with E-state index in [1.165, 1.54) is 0 Å². The van der Waals surface area contributed by atoms with E-state index in [2.05, 4.69) is 28.6 Å². The van der Waals surface area contributed by atoms with E-state index in [1.807, 2.05) is 30.3 Å². The SMILES string of the molecule is C=C(C)C(=O)OCOc1ccc(/C(C#N)=C/c2ccc(Br)cc2)cc1. The highest BCUT2D eigenvalue weighted by atomic mass is 79.9. The Kier molecular flexibility index (Phi) is 6.55. The Labute approximate surface area is 155 Å². The Morgan fingerprint density at radius 3 is 2.40 bits per heavy atom. The minimum Gasteiger partial charge on any atom is -0.457 e. The predicted octanol–water partition coefficient (Wildman–Crippen LogP) is 4.97. The van der Waals surface area contributed by atoms with Gasteiger partial charge in [-0.25, -0.2) is 4.79 Å². The molecule has 4 nitrogen and oxygen atoms in total. The Hall–Kier alpha value is -2.84. The van der Waals surface area contributed by atoms with Crippen molar-refractivity contribution < 1.29 is 14.3 Å². The number of halogens is 1. The largest absolute Gasteiger partial charge is 0.457 e. The third kappa shape index (κ3) is 5.63. The number of rotatable bonds is 6. The number of ether oxygens (including phenoxy) is 2. The summed E-state index contributed by atoms with van der Waals surface area (Å²) in [5.74, 6) is 0.0417. The molecule has 0 saturated heterocycles. The molecule has 0 amide bonds. The molecule has 0 unspecified atom stereocenters. The Morgan fingerprint density at radius 2 is 1.84 bits per heavy atom. The fourth-order valence-electron chi connectivity index (χ4n) is 1.91. The quantitative estimate of drug-likeness (QED) is 0.227. The highest BCUT2D eigenvalue weighted by Gasteiger charge is 2.05. The average Bonchev–Trinajstić information content (AvgIpc) is 2.62. The number of nitrogens with zero attached hydrogens (tertiary/aromatic N) is 1. The zero-order valence-electron chi connectivity index (χ0n) is 13.7. The lowest BCUT2D eigenvalue weighted by Crippen LogP contribution is -2.10. The summed E-state index contributed by atoms with van der Waals surface area (Å²) in [6.45, 7) is 4.87. The fraction of sp³-hybridized carbons (Fsp3) is 0.100. The van der Waals surface area contributed by atoms with E-state index in [9.17, 15) is 10.1 Å². The molecule has 0 atom stereocenters. The molecule has 5 heteroatoms. The van der Waals surface area contributed by atoms with Gasteiger partial charge < -0.3 is 9.47 Å². The molecule has 0 bridgehead atoms. The van der Waals surface area contributed by atoms with Crippen molar-refractivity contribution in [1.82, 2.24) is 0 Å². The van der Waals surface area contributed by atoms with Gasteiger partial charge in [0.05, 0.1) is 11.6 Å². The van der Waals surface area contributed by atoms with E-state index >= 15 is 0 Å². The molecular formula is C20H16BrNO3. The average molecular weight is 398 g/mol. The highest BCUT2D eigenvalue weighted by Crippen LogP contribution is 2.21. The molecule has 2 aromatic rings. The summed E-state index contributed by atoms with van der Waals surface area (Å²) in [5.41, 5.74) is 2.57. The molecule has 25 heavy (non-hydrogen) atoms. The van der Waals surface area contributed by atoms with Crippen LogP contribution in [0, 0.1) is 11.3 Å². The van der Waals surface area contributed by atoms with Gasteiger partial charge in [-0.05, 0) is 60.5 Å². The Bertz CT molecular complexity index is 831. The maximum absolute atomic E-state index is 11.3. The number of esters is 1. The van der Waals surface area contributed by atoms with Crippen LogP contribution in [-0.2, 0) is 9.53 Å². The van der Waals surface area contributed by atoms with Crippen LogP contribution < -0.4 is 4.74 Å². The number of benzene rings is 2. The Balaban J connectivity index is 2.04. The molecule has 126 valence electrons. The lowest BCUT2D eigenvalue weighted by molar-refractivity contribution is -0.145. The van der Waals surface area contributed by atoms with Crippen LogP contribution in [0.2, 0.25) is 0 Å². The van der Waals surface area contributed by atoms with Crippen molar-refractivity contribution in [2.45, 2.75) is 6.92 Å². The van der Waals surface area contributed by atoms with Gasteiger partial charge in [-0.3, -0.25) is 0 Å². The monoisotopic (exact) mass is 397 g/mol. The lowest BCUT2D eigenvalue weighted by atomic mass is 10.0. The van der Waals surface area contributed by atoms with Crippen LogP contribution in [0.4, 0.5) is 0 Å². The number of hydrogen-bond donors (Lipinski definition) is 0. The second kappa shape index (κ2) is 8.86. The van der Waals surface area contributed by atoms with Gasteiger partial charge >= 0.3 is 5.97 Å². The van der Waals surface area contributed by atoms with E-state index in [0.29, 0.717) is 16.9 Å². The second-order valence-electron chi connectivity index (χ2n) is 5.22. The molecular weight excluding hydrogens is 382 g/mol. The molecule has 0 aliphatic carbocycles. The normalized spacial score (nSPS) is 10.7. The van der Waals surface area contributed by atoms with E-state index < -0.39 is 5.97 Å². The van der Waals surface area contributed by atoms with Crippen molar-refractivity contribution in [2.24, 2.45) is 0 Å². The van der Waals surface area contributed by atoms with Crippen molar-refractivity contribution in [3.8, 4) is 11.8 Å². The van der Waals surface area contributed by atoms with Gasteiger partial charge in [-0.15, -0.1) is 0 Å². The van der Waals surface area contributed by atoms with Gasteiger partial charge in [0.1, 0.15) is 5.75 Å². The molecule has 0 N–H and O–H groups in total. The van der Waals surface area contributed by atoms with Crippen LogP contribution in [0.5, 0.6) is 5.75 Å². The fourth-order valence-corrected chi connectivity index (χ4v) is 2.18. The van der Waals surface area contributed by atoms with E-state index in [4.69, 9.17) is 9.47 Å². The van der Waals surface area contributed by atoms with Crippen LogP contribution in [-0.4, -0.2) is 12.8 Å². The molecule has 2 rings (SSSR count). The molecule has 0 spiro atoms. The predicted molar refractivity (Wildman–Crippen MR) is 100 cm³/mol. The zero-order chi connectivity index (χ0) is 18.2. The first-order chi connectivity index (χ1) is 12.0. The maximum atomic E-state index is 11.3. The van der Waals surface area contributed by atoms with E-state index in [0.717, 1.165) is 15.6 Å². The molecule has 0 aliphatic heterocycles. The van der Waals surface area contributed by atoms with Gasteiger partial charge in [0.2, 0.25) is 6.79 Å². The van der Waals surface area contributed by atoms with Crippen molar-refractivity contribution in [1.29, 1.82) is 5.26 Å². The van der Waals surface area contributed by atoms with Crippen molar-refractivity contribution in [2.75, 3.05) is 6.79 Å². The minimum atomic E-state index is -0.499. The molecule has 0 heterocycles. The smallest absolute Gasteiger partial charge is 0.335 e. The number of hydrogen-bond acceptors (Lipinski definition) is 4. The summed E-state index contributed by atoms with van der Waals surface area (Å²) in [6.07, 6.45) is 1.82. The van der Waals surface area contributed by atoms with E-state index in [-0.39, 0.29) is 6.79 Å². The second-order valence-corrected chi connectivity index (χ2v) is 6.14. The van der Waals surface area contributed by atoms with Gasteiger partial charge in [-0.2, -0.15) is 5.26 Å². The number of allylic oxidation sites excluding steroid dienone is 1. The number of carbonyl (C=O) groups is 1. The van der Waals surface area contributed by atoms with Crippen LogP contribution in [0.25, 0.3) is 11.6 Å². The molecule has 0 aliphatic rings. The van der Waals surface area contributed by atoms with Gasteiger partial charge in [-0.1, -0.05) is 34.6 Å². The van der Waals surface area contributed by atoms with Crippen LogP contribution in [0.3, 0.4) is 0 Å². The number of carbonyl (C=O) groups excluding carboxylic acids is 1. The molecule has 0 radical (unpaired) electrons. The van der Waals surface area contributed by atoms with Crippen molar-refractivity contribution in [3.05, 3.63) is 76.3 Å². The highest BCUT2D eigenvalue weighted by molar-refractivity contribution is 9.10. The zero-order valence-corrected chi connectivity index (χ0v) is 15.2. The van der Waals surface area contributed by atoms with Gasteiger partial charge in [0, 0.05) is 10.0 Å². The standard InChI is InChI=1S/C20H16BrNO3/c1-14(2)20(23)25-13-24-19-9-5-16(6-10-19)17(12-22)11-15-3-7-18(21)8-4-15/h3-11H,1,13H2,2H3/b17-11+. The first-order valence-corrected chi connectivity index (χ1v) is 8.22. The summed E-state index contributed by atoms with van der Waals surface area (Å²) in [6, 6.07) is 16.9. The van der Waals surface area contributed by atoms with Gasteiger partial charge in [0.25, 0.3) is 0 Å². The van der Waals surface area contributed by atoms with Crippen molar-refractivity contribution in [3.63, 3.8) is 0 Å². The van der Waals surface area contributed by atoms with Crippen LogP contribution in [0.15, 0.2) is 65.2 Å². The topological polar surface area (TPSA) is 59.3 Å². The summed E-state index contributed by atoms with van der Waals surface area (Å²) in [5, 5.41) is 9.39. The molecule has 2 aromatic carbocycles. The van der Waals surface area contributed by atoms with Crippen LogP contribution in [0.1, 0.15) is 18.1 Å². The van der Waals surface area contributed by atoms with E-state index in [1.54, 1.807) is 31.2 Å². The summed E-state index contributed by atoms with van der Waals surface area (Å²) < 4.78 is 11.2. The Morgan fingerprint density at radius 1 is 1.20 bits per heavy atom. The third-order valence-electron chi connectivity index (χ3n) is 3.23. The third-order valence-corrected chi connectivity index (χ3v) is 3.76. The van der Waals surface area contributed by atoms with Gasteiger partial charge in [0.15, 0.2) is 0 Å². The van der Waals surface area contributed by atoms with Crippen LogP contribution >= 0.6 is 15.9 Å². The van der Waals surface area contributed by atoms with Crippen molar-refractivity contribution >= 4 is 33.5 Å². The minimum absolute atomic E-state index is 0.190. The first-order valence-electron chi connectivity index (χ1n) is 7.43. The molecule has 0 fully saturated rings. The first kappa shape index (κ1) is 18.5. The molecule has 0 aromatic heterocycles. The summed E-state index contributed by atoms with van der Waals surface area (Å²) in [7, 11) is 0.